The molecule has 2 N–H and O–H groups in total. The second-order valence-electron chi connectivity index (χ2n) is 5.42. The number of carbonyl (C=O) groups is 1. The van der Waals surface area contributed by atoms with Gasteiger partial charge in [-0.2, -0.15) is 0 Å². The van der Waals surface area contributed by atoms with Crippen LogP contribution in [0.25, 0.3) is 0 Å². The van der Waals surface area contributed by atoms with Crippen LogP contribution in [0.15, 0.2) is 42.5 Å². The van der Waals surface area contributed by atoms with Gasteiger partial charge >= 0.3 is 6.09 Å². The number of aromatic nitrogens is 2. The quantitative estimate of drug-likeness (QED) is 0.902. The maximum absolute atomic E-state index is 11.6. The zero-order valence-corrected chi connectivity index (χ0v) is 12.3. The van der Waals surface area contributed by atoms with E-state index in [9.17, 15) is 4.79 Å². The summed E-state index contributed by atoms with van der Waals surface area (Å²) in [6.07, 6.45) is -0.555. The molecule has 0 fully saturated rings. The van der Waals surface area contributed by atoms with Gasteiger partial charge in [-0.25, -0.2) is 4.79 Å². The SMILES string of the molecule is CC(C)(C)OC(=O)Nc1ccc(Nc2ccccc2)nn1. The van der Waals surface area contributed by atoms with Crippen LogP contribution in [-0.2, 0) is 4.74 Å². The molecule has 0 aliphatic carbocycles. The molecule has 0 aliphatic rings. The third kappa shape index (κ3) is 5.10. The topological polar surface area (TPSA) is 76.1 Å². The lowest BCUT2D eigenvalue weighted by Crippen LogP contribution is -2.27. The van der Waals surface area contributed by atoms with Crippen LogP contribution in [0.3, 0.4) is 0 Å². The van der Waals surface area contributed by atoms with Gasteiger partial charge in [0.1, 0.15) is 5.60 Å². The Morgan fingerprint density at radius 2 is 1.62 bits per heavy atom. The summed E-state index contributed by atoms with van der Waals surface area (Å²) in [5.41, 5.74) is 0.367. The number of benzene rings is 1. The number of nitrogens with zero attached hydrogens (tertiary/aromatic N) is 2. The molecule has 21 heavy (non-hydrogen) atoms. The van der Waals surface area contributed by atoms with E-state index in [2.05, 4.69) is 20.8 Å². The molecule has 6 heteroatoms. The van der Waals surface area contributed by atoms with Gasteiger partial charge in [-0.15, -0.1) is 10.2 Å². The van der Waals surface area contributed by atoms with Gasteiger partial charge in [-0.1, -0.05) is 18.2 Å². The van der Waals surface area contributed by atoms with E-state index in [0.29, 0.717) is 11.6 Å². The standard InChI is InChI=1S/C15H18N4O2/c1-15(2,3)21-14(20)17-13-10-9-12(18-19-13)16-11-7-5-4-6-8-11/h4-10H,1-3H3,(H,16,18)(H,17,19,20). The molecule has 0 bridgehead atoms. The van der Waals surface area contributed by atoms with Crippen LogP contribution in [-0.4, -0.2) is 21.9 Å². The monoisotopic (exact) mass is 286 g/mol. The van der Waals surface area contributed by atoms with Gasteiger partial charge in [-0.3, -0.25) is 5.32 Å². The molecule has 0 aliphatic heterocycles. The molecule has 2 rings (SSSR count). The number of anilines is 3. The Morgan fingerprint density at radius 3 is 2.19 bits per heavy atom. The number of hydrogen-bond donors (Lipinski definition) is 2. The Bertz CT molecular complexity index is 591. The molecule has 1 heterocycles. The molecule has 0 unspecified atom stereocenters. The van der Waals surface area contributed by atoms with Gasteiger partial charge in [0.15, 0.2) is 11.6 Å². The number of carbonyl (C=O) groups excluding carboxylic acids is 1. The zero-order chi connectivity index (χ0) is 15.3. The molecule has 110 valence electrons. The number of amides is 1. The highest BCUT2D eigenvalue weighted by Gasteiger charge is 2.16. The fourth-order valence-corrected chi connectivity index (χ4v) is 1.54. The van der Waals surface area contributed by atoms with E-state index in [0.717, 1.165) is 5.69 Å². The van der Waals surface area contributed by atoms with E-state index in [4.69, 9.17) is 4.74 Å². The minimum absolute atomic E-state index is 0.336. The molecule has 1 aromatic carbocycles. The zero-order valence-electron chi connectivity index (χ0n) is 12.3. The van der Waals surface area contributed by atoms with Crippen LogP contribution in [0.2, 0.25) is 0 Å². The van der Waals surface area contributed by atoms with Gasteiger partial charge in [-0.05, 0) is 45.0 Å². The second-order valence-corrected chi connectivity index (χ2v) is 5.42. The van der Waals surface area contributed by atoms with Crippen LogP contribution < -0.4 is 10.6 Å². The predicted molar refractivity (Wildman–Crippen MR) is 81.6 cm³/mol. The minimum Gasteiger partial charge on any atom is -0.444 e. The van der Waals surface area contributed by atoms with Crippen molar-refractivity contribution < 1.29 is 9.53 Å². The molecule has 0 saturated heterocycles. The van der Waals surface area contributed by atoms with Crippen LogP contribution in [0.4, 0.5) is 22.1 Å². The Morgan fingerprint density at radius 1 is 1.00 bits per heavy atom. The summed E-state index contributed by atoms with van der Waals surface area (Å²) < 4.78 is 5.13. The van der Waals surface area contributed by atoms with Crippen molar-refractivity contribution in [2.24, 2.45) is 0 Å². The van der Waals surface area contributed by atoms with Crippen molar-refractivity contribution in [2.45, 2.75) is 26.4 Å². The summed E-state index contributed by atoms with van der Waals surface area (Å²) >= 11 is 0. The van der Waals surface area contributed by atoms with Crippen molar-refractivity contribution in [1.82, 2.24) is 10.2 Å². The van der Waals surface area contributed by atoms with E-state index < -0.39 is 11.7 Å². The summed E-state index contributed by atoms with van der Waals surface area (Å²) in [5.74, 6) is 0.929. The first-order valence-electron chi connectivity index (χ1n) is 6.58. The van der Waals surface area contributed by atoms with E-state index >= 15 is 0 Å². The lowest BCUT2D eigenvalue weighted by Gasteiger charge is -2.19. The van der Waals surface area contributed by atoms with Crippen molar-refractivity contribution in [1.29, 1.82) is 0 Å². The van der Waals surface area contributed by atoms with Gasteiger partial charge in [0.2, 0.25) is 0 Å². The Kier molecular flexibility index (Phi) is 4.37. The van der Waals surface area contributed by atoms with Crippen molar-refractivity contribution in [2.75, 3.05) is 10.6 Å². The summed E-state index contributed by atoms with van der Waals surface area (Å²) in [5, 5.41) is 13.5. The van der Waals surface area contributed by atoms with E-state index in [1.165, 1.54) is 0 Å². The average Bonchev–Trinajstić information content (AvgIpc) is 2.40. The molecule has 0 atom stereocenters. The third-order valence-corrected chi connectivity index (χ3v) is 2.34. The number of hydrogen-bond acceptors (Lipinski definition) is 5. The first-order valence-corrected chi connectivity index (χ1v) is 6.58. The second kappa shape index (κ2) is 6.21. The maximum Gasteiger partial charge on any atom is 0.413 e. The third-order valence-electron chi connectivity index (χ3n) is 2.34. The fourth-order valence-electron chi connectivity index (χ4n) is 1.54. The van der Waals surface area contributed by atoms with Gasteiger partial charge in [0.25, 0.3) is 0 Å². The highest BCUT2D eigenvalue weighted by Crippen LogP contribution is 2.14. The van der Waals surface area contributed by atoms with Crippen molar-refractivity contribution in [3.05, 3.63) is 42.5 Å². The molecule has 1 amide bonds. The predicted octanol–water partition coefficient (Wildman–Crippen LogP) is 3.57. The molecule has 0 saturated carbocycles. The Labute approximate surface area is 123 Å². The van der Waals surface area contributed by atoms with Crippen molar-refractivity contribution in [3.63, 3.8) is 0 Å². The smallest absolute Gasteiger partial charge is 0.413 e. The highest BCUT2D eigenvalue weighted by molar-refractivity contribution is 5.83. The Balaban J connectivity index is 1.95. The van der Waals surface area contributed by atoms with Gasteiger partial charge in [0, 0.05) is 5.69 Å². The number of para-hydroxylation sites is 1. The van der Waals surface area contributed by atoms with Crippen LogP contribution in [0, 0.1) is 0 Å². The molecular formula is C15H18N4O2. The van der Waals surface area contributed by atoms with E-state index in [-0.39, 0.29) is 0 Å². The Hall–Kier alpha value is -2.63. The van der Waals surface area contributed by atoms with Gasteiger partial charge in [0.05, 0.1) is 0 Å². The lowest BCUT2D eigenvalue weighted by atomic mass is 10.2. The lowest BCUT2D eigenvalue weighted by molar-refractivity contribution is 0.0635. The highest BCUT2D eigenvalue weighted by atomic mass is 16.6. The molecule has 0 radical (unpaired) electrons. The number of rotatable bonds is 3. The normalized spacial score (nSPS) is 10.8. The summed E-state index contributed by atoms with van der Waals surface area (Å²) in [6, 6.07) is 13.0. The molecule has 0 spiro atoms. The summed E-state index contributed by atoms with van der Waals surface area (Å²) in [4.78, 5) is 11.6. The van der Waals surface area contributed by atoms with Crippen LogP contribution in [0.1, 0.15) is 20.8 Å². The minimum atomic E-state index is -0.555. The number of nitrogens with one attached hydrogen (secondary N) is 2. The van der Waals surface area contributed by atoms with E-state index in [1.54, 1.807) is 32.9 Å². The first kappa shape index (κ1) is 14.8. The van der Waals surface area contributed by atoms with Crippen molar-refractivity contribution >= 4 is 23.4 Å². The van der Waals surface area contributed by atoms with Crippen molar-refractivity contribution in [3.8, 4) is 0 Å². The number of ether oxygens (including phenoxy) is 1. The summed E-state index contributed by atoms with van der Waals surface area (Å²) in [7, 11) is 0. The largest absolute Gasteiger partial charge is 0.444 e. The van der Waals surface area contributed by atoms with Crippen LogP contribution in [0.5, 0.6) is 0 Å². The average molecular weight is 286 g/mol. The summed E-state index contributed by atoms with van der Waals surface area (Å²) in [6.45, 7) is 5.39. The van der Waals surface area contributed by atoms with Crippen LogP contribution >= 0.6 is 0 Å². The molecule has 6 nitrogen and oxygen atoms in total. The maximum atomic E-state index is 11.6. The van der Waals surface area contributed by atoms with Gasteiger partial charge < -0.3 is 10.1 Å². The fraction of sp³-hybridized carbons (Fsp3) is 0.267. The first-order chi connectivity index (χ1) is 9.92. The molecular weight excluding hydrogens is 268 g/mol. The molecule has 1 aromatic heterocycles. The van der Waals surface area contributed by atoms with E-state index in [1.807, 2.05) is 30.3 Å². The molecule has 2 aromatic rings.